The maximum atomic E-state index is 7.00. The van der Waals surface area contributed by atoms with Gasteiger partial charge in [0.15, 0.2) is 0 Å². The summed E-state index contributed by atoms with van der Waals surface area (Å²) in [4.78, 5) is 2.41. The van der Waals surface area contributed by atoms with Gasteiger partial charge < -0.3 is 9.32 Å². The average molecular weight is 830 g/mol. The van der Waals surface area contributed by atoms with Gasteiger partial charge in [0.2, 0.25) is 0 Å². The van der Waals surface area contributed by atoms with Gasteiger partial charge in [0.1, 0.15) is 11.2 Å². The lowest BCUT2D eigenvalue weighted by Gasteiger charge is -2.28. The molecular weight excluding hydrogens is 787 g/mol. The Balaban J connectivity index is 1.04. The summed E-state index contributed by atoms with van der Waals surface area (Å²) in [5.41, 5.74) is 17.4. The van der Waals surface area contributed by atoms with Crippen LogP contribution in [0, 0.1) is 0 Å². The van der Waals surface area contributed by atoms with Crippen LogP contribution in [0.4, 0.5) is 17.1 Å². The Morgan fingerprint density at radius 2 is 0.892 bits per heavy atom. The van der Waals surface area contributed by atoms with Crippen LogP contribution in [0.2, 0.25) is 0 Å². The zero-order valence-corrected chi connectivity index (χ0v) is 36.2. The van der Waals surface area contributed by atoms with Crippen LogP contribution < -0.4 is 4.90 Å². The molecule has 0 amide bonds. The number of fused-ring (bicyclic) bond motifs is 12. The van der Waals surface area contributed by atoms with Crippen molar-refractivity contribution in [3.63, 3.8) is 0 Å². The molecule has 0 N–H and O–H groups in total. The van der Waals surface area contributed by atoms with Crippen molar-refractivity contribution in [3.05, 3.63) is 236 Å². The molecule has 0 radical (unpaired) electrons. The van der Waals surface area contributed by atoms with Gasteiger partial charge in [-0.2, -0.15) is 0 Å². The van der Waals surface area contributed by atoms with Crippen LogP contribution in [-0.2, 0) is 5.41 Å². The topological polar surface area (TPSA) is 16.4 Å². The summed E-state index contributed by atoms with van der Waals surface area (Å²) in [6, 6.07) is 82.1. The van der Waals surface area contributed by atoms with E-state index < -0.39 is 0 Å². The van der Waals surface area contributed by atoms with Crippen molar-refractivity contribution in [2.45, 2.75) is 19.3 Å². The van der Waals surface area contributed by atoms with E-state index in [1.54, 1.807) is 0 Å². The fraction of sp³-hybridized carbons (Fsp3) is 0.0476. The summed E-state index contributed by atoms with van der Waals surface area (Å²) in [5.74, 6) is 0. The predicted molar refractivity (Wildman–Crippen MR) is 275 cm³/mol. The number of nitrogens with zero attached hydrogens (tertiary/aromatic N) is 1. The van der Waals surface area contributed by atoms with Crippen molar-refractivity contribution in [1.82, 2.24) is 0 Å². The van der Waals surface area contributed by atoms with E-state index in [2.05, 4.69) is 243 Å². The Bertz CT molecular complexity index is 3830. The van der Waals surface area contributed by atoms with E-state index in [9.17, 15) is 0 Å². The molecule has 2 nitrogen and oxygen atoms in total. The minimum atomic E-state index is -0.131. The van der Waals surface area contributed by atoms with Crippen molar-refractivity contribution in [2.75, 3.05) is 4.90 Å². The van der Waals surface area contributed by atoms with Crippen LogP contribution in [0.1, 0.15) is 25.0 Å². The molecule has 0 atom stereocenters. The smallest absolute Gasteiger partial charge is 0.143 e. The second-order valence-corrected chi connectivity index (χ2v) is 18.0. The molecule has 0 fully saturated rings. The molecule has 0 bridgehead atoms. The first-order valence-corrected chi connectivity index (χ1v) is 22.6. The number of benzene rings is 11. The van der Waals surface area contributed by atoms with Gasteiger partial charge in [-0.25, -0.2) is 0 Å². The number of furan rings is 1. The molecule has 65 heavy (non-hydrogen) atoms. The van der Waals surface area contributed by atoms with E-state index in [1.807, 2.05) is 0 Å². The van der Waals surface area contributed by atoms with Crippen LogP contribution in [0.15, 0.2) is 229 Å². The van der Waals surface area contributed by atoms with Crippen LogP contribution in [-0.4, -0.2) is 0 Å². The molecule has 0 unspecified atom stereocenters. The minimum Gasteiger partial charge on any atom is -0.455 e. The van der Waals surface area contributed by atoms with Crippen LogP contribution in [0.25, 0.3) is 98.8 Å². The largest absolute Gasteiger partial charge is 0.455 e. The standard InChI is InChI=1S/C63H43NO/c1-63(2)56-26-13-12-22-51(56)52-36-35-46(39-57(52)63)64(44-31-27-41(28-32-44)40-15-4-3-5-16-40)45-33-29-43(30-34-45)59-54(48-25-14-18-42-17-6-7-19-47(42)48)37-38-58-61(59)60-53-23-10-8-20-49(53)50-21-9-11-24-55(50)62(60)65-58/h3-39H,1-2H3. The van der Waals surface area contributed by atoms with Crippen LogP contribution >= 0.6 is 0 Å². The molecule has 11 aromatic carbocycles. The molecule has 1 heterocycles. The van der Waals surface area contributed by atoms with Gasteiger partial charge in [0.05, 0.1) is 0 Å². The Hall–Kier alpha value is -8.20. The Morgan fingerprint density at radius 1 is 0.354 bits per heavy atom. The fourth-order valence-corrected chi connectivity index (χ4v) is 11.0. The van der Waals surface area contributed by atoms with Gasteiger partial charge in [0.25, 0.3) is 0 Å². The monoisotopic (exact) mass is 829 g/mol. The molecule has 1 aliphatic carbocycles. The van der Waals surface area contributed by atoms with E-state index in [1.165, 1.54) is 77.0 Å². The molecule has 1 aromatic heterocycles. The molecule has 13 rings (SSSR count). The lowest BCUT2D eigenvalue weighted by atomic mass is 9.82. The van der Waals surface area contributed by atoms with E-state index in [0.717, 1.165) is 50.0 Å². The molecule has 1 aliphatic rings. The Kier molecular flexibility index (Phi) is 8.29. The van der Waals surface area contributed by atoms with E-state index >= 15 is 0 Å². The van der Waals surface area contributed by atoms with Gasteiger partial charge >= 0.3 is 0 Å². The van der Waals surface area contributed by atoms with Crippen molar-refractivity contribution in [3.8, 4) is 44.5 Å². The van der Waals surface area contributed by atoms with Gasteiger partial charge in [0, 0.05) is 44.2 Å². The highest BCUT2D eigenvalue weighted by Crippen LogP contribution is 2.52. The third-order valence-corrected chi connectivity index (χ3v) is 14.1. The molecule has 12 aromatic rings. The van der Waals surface area contributed by atoms with Crippen molar-refractivity contribution >= 4 is 71.3 Å². The fourth-order valence-electron chi connectivity index (χ4n) is 11.0. The number of hydrogen-bond donors (Lipinski definition) is 0. The zero-order valence-electron chi connectivity index (χ0n) is 36.2. The lowest BCUT2D eigenvalue weighted by molar-refractivity contribution is 0.660. The van der Waals surface area contributed by atoms with Crippen molar-refractivity contribution in [2.24, 2.45) is 0 Å². The van der Waals surface area contributed by atoms with Gasteiger partial charge in [-0.05, 0) is 126 Å². The predicted octanol–water partition coefficient (Wildman–Crippen LogP) is 17.8. The normalized spacial score (nSPS) is 12.9. The maximum absolute atomic E-state index is 7.00. The maximum Gasteiger partial charge on any atom is 0.143 e. The third-order valence-electron chi connectivity index (χ3n) is 14.1. The average Bonchev–Trinajstić information content (AvgIpc) is 3.87. The van der Waals surface area contributed by atoms with E-state index in [-0.39, 0.29) is 5.41 Å². The Labute approximate surface area is 378 Å². The second-order valence-electron chi connectivity index (χ2n) is 18.0. The molecular formula is C63H43NO. The molecule has 0 aliphatic heterocycles. The number of hydrogen-bond acceptors (Lipinski definition) is 2. The SMILES string of the molecule is CC1(C)c2ccccc2-c2ccc(N(c3ccc(-c4ccccc4)cc3)c3ccc(-c4c(-c5cccc6ccccc56)ccc5oc6c7ccccc7c7ccccc7c6c45)cc3)cc21. The molecule has 2 heteroatoms. The first kappa shape index (κ1) is 37.4. The highest BCUT2D eigenvalue weighted by atomic mass is 16.3. The van der Waals surface area contributed by atoms with Gasteiger partial charge in [-0.3, -0.25) is 0 Å². The summed E-state index contributed by atoms with van der Waals surface area (Å²) in [7, 11) is 0. The number of anilines is 3. The molecule has 0 saturated heterocycles. The highest BCUT2D eigenvalue weighted by molar-refractivity contribution is 6.33. The quantitative estimate of drug-likeness (QED) is 0.155. The summed E-state index contributed by atoms with van der Waals surface area (Å²) >= 11 is 0. The van der Waals surface area contributed by atoms with Crippen LogP contribution in [0.5, 0.6) is 0 Å². The first-order chi connectivity index (χ1) is 32.0. The highest BCUT2D eigenvalue weighted by Gasteiger charge is 2.36. The Morgan fingerprint density at radius 3 is 1.66 bits per heavy atom. The first-order valence-electron chi connectivity index (χ1n) is 22.6. The van der Waals surface area contributed by atoms with Crippen LogP contribution in [0.3, 0.4) is 0 Å². The van der Waals surface area contributed by atoms with Crippen molar-refractivity contribution < 1.29 is 4.42 Å². The molecule has 0 spiro atoms. The lowest BCUT2D eigenvalue weighted by Crippen LogP contribution is -2.16. The summed E-state index contributed by atoms with van der Waals surface area (Å²) in [5, 5.41) is 9.47. The minimum absolute atomic E-state index is 0.131. The number of rotatable bonds is 6. The van der Waals surface area contributed by atoms with Crippen molar-refractivity contribution in [1.29, 1.82) is 0 Å². The molecule has 306 valence electrons. The zero-order chi connectivity index (χ0) is 43.2. The summed E-state index contributed by atoms with van der Waals surface area (Å²) in [6.45, 7) is 4.71. The van der Waals surface area contributed by atoms with E-state index in [4.69, 9.17) is 4.42 Å². The summed E-state index contributed by atoms with van der Waals surface area (Å²) in [6.07, 6.45) is 0. The summed E-state index contributed by atoms with van der Waals surface area (Å²) < 4.78 is 7.00. The van der Waals surface area contributed by atoms with Gasteiger partial charge in [-0.15, -0.1) is 0 Å². The second kappa shape index (κ2) is 14.4. The van der Waals surface area contributed by atoms with Gasteiger partial charge in [-0.1, -0.05) is 190 Å². The third kappa shape index (κ3) is 5.74. The molecule has 0 saturated carbocycles. The van der Waals surface area contributed by atoms with E-state index in [0.29, 0.717) is 0 Å².